The monoisotopic (exact) mass is 311 g/mol. The number of rotatable bonds is 2. The standard InChI is InChI=1S/C17H17N3O3/c21-16-6-2-4-14-12-7-11(9-20(14)16)8-19(10-12)15-5-1-3-13(18-15)17(22)23/h1-6,11-12H,7-10H2,(H,22,23)/t11-,12+/m0/s1. The van der Waals surface area contributed by atoms with Crippen LogP contribution in [0.1, 0.15) is 28.5 Å². The van der Waals surface area contributed by atoms with E-state index >= 15 is 0 Å². The van der Waals surface area contributed by atoms with E-state index in [1.54, 1.807) is 12.1 Å². The molecule has 23 heavy (non-hydrogen) atoms. The van der Waals surface area contributed by atoms with Crippen molar-refractivity contribution in [2.75, 3.05) is 18.0 Å². The normalized spacial score (nSPS) is 22.5. The van der Waals surface area contributed by atoms with Crippen molar-refractivity contribution in [1.82, 2.24) is 9.55 Å². The van der Waals surface area contributed by atoms with Gasteiger partial charge in [0.2, 0.25) is 0 Å². The number of aromatic nitrogens is 2. The first-order chi connectivity index (χ1) is 11.1. The Labute approximate surface area is 133 Å². The second-order valence-corrected chi connectivity index (χ2v) is 6.29. The van der Waals surface area contributed by atoms with E-state index in [4.69, 9.17) is 5.11 Å². The van der Waals surface area contributed by atoms with E-state index in [2.05, 4.69) is 9.88 Å². The maximum Gasteiger partial charge on any atom is 0.354 e. The SMILES string of the molecule is O=C(O)c1cccc(N2C[C@@H]3C[C@H](C2)c2cccc(=O)n2C3)n1. The van der Waals surface area contributed by atoms with Crippen LogP contribution in [-0.2, 0) is 6.54 Å². The number of carboxylic acid groups (broad SMARTS) is 1. The molecule has 2 bridgehead atoms. The molecule has 0 aromatic carbocycles. The summed E-state index contributed by atoms with van der Waals surface area (Å²) in [5, 5.41) is 9.11. The van der Waals surface area contributed by atoms with Crippen molar-refractivity contribution >= 4 is 11.8 Å². The first-order valence-electron chi connectivity index (χ1n) is 7.77. The van der Waals surface area contributed by atoms with Crippen molar-refractivity contribution in [2.24, 2.45) is 5.92 Å². The average Bonchev–Trinajstić information content (AvgIpc) is 2.56. The Kier molecular flexibility index (Phi) is 3.18. The summed E-state index contributed by atoms with van der Waals surface area (Å²) in [5.74, 6) is 0.357. The minimum Gasteiger partial charge on any atom is -0.477 e. The Bertz CT molecular complexity index is 830. The van der Waals surface area contributed by atoms with E-state index in [9.17, 15) is 9.59 Å². The van der Waals surface area contributed by atoms with E-state index in [1.165, 1.54) is 6.07 Å². The number of carboxylic acids is 1. The lowest BCUT2D eigenvalue weighted by atomic mass is 9.83. The third-order valence-electron chi connectivity index (χ3n) is 4.76. The highest BCUT2D eigenvalue weighted by Gasteiger charge is 2.35. The van der Waals surface area contributed by atoms with Gasteiger partial charge in [-0.1, -0.05) is 12.1 Å². The summed E-state index contributed by atoms with van der Waals surface area (Å²) in [6.45, 7) is 2.28. The summed E-state index contributed by atoms with van der Waals surface area (Å²) in [6, 6.07) is 10.5. The van der Waals surface area contributed by atoms with Crippen LogP contribution in [0.25, 0.3) is 0 Å². The van der Waals surface area contributed by atoms with E-state index < -0.39 is 5.97 Å². The number of fused-ring (bicyclic) bond motifs is 4. The molecule has 2 aliphatic rings. The lowest BCUT2D eigenvalue weighted by molar-refractivity contribution is 0.0690. The van der Waals surface area contributed by atoms with Gasteiger partial charge in [0.25, 0.3) is 5.56 Å². The van der Waals surface area contributed by atoms with Gasteiger partial charge in [-0.05, 0) is 30.5 Å². The highest BCUT2D eigenvalue weighted by molar-refractivity contribution is 5.85. The molecule has 2 aromatic rings. The number of piperidine rings is 1. The molecule has 6 nitrogen and oxygen atoms in total. The van der Waals surface area contributed by atoms with Crippen LogP contribution in [0.15, 0.2) is 41.2 Å². The maximum atomic E-state index is 12.0. The first-order valence-corrected chi connectivity index (χ1v) is 7.77. The summed E-state index contributed by atoms with van der Waals surface area (Å²) in [7, 11) is 0. The van der Waals surface area contributed by atoms with Crippen LogP contribution in [0, 0.1) is 5.92 Å². The second kappa shape index (κ2) is 5.22. The lowest BCUT2D eigenvalue weighted by Crippen LogP contribution is -2.47. The van der Waals surface area contributed by atoms with Crippen molar-refractivity contribution in [2.45, 2.75) is 18.9 Å². The van der Waals surface area contributed by atoms with Crippen molar-refractivity contribution in [1.29, 1.82) is 0 Å². The third kappa shape index (κ3) is 2.40. The topological polar surface area (TPSA) is 75.4 Å². The van der Waals surface area contributed by atoms with Crippen LogP contribution in [0.3, 0.4) is 0 Å². The van der Waals surface area contributed by atoms with Gasteiger partial charge in [0, 0.05) is 37.3 Å². The zero-order valence-corrected chi connectivity index (χ0v) is 12.6. The van der Waals surface area contributed by atoms with Gasteiger partial charge in [-0.2, -0.15) is 0 Å². The average molecular weight is 311 g/mol. The molecule has 2 atom stereocenters. The molecule has 2 aliphatic heterocycles. The van der Waals surface area contributed by atoms with Gasteiger partial charge < -0.3 is 14.6 Å². The highest BCUT2D eigenvalue weighted by Crippen LogP contribution is 2.36. The van der Waals surface area contributed by atoms with Crippen molar-refractivity contribution in [3.8, 4) is 0 Å². The van der Waals surface area contributed by atoms with Gasteiger partial charge in [0.05, 0.1) is 0 Å². The Morgan fingerprint density at radius 3 is 2.78 bits per heavy atom. The number of hydrogen-bond donors (Lipinski definition) is 1. The second-order valence-electron chi connectivity index (χ2n) is 6.29. The number of pyridine rings is 2. The largest absolute Gasteiger partial charge is 0.477 e. The molecule has 0 saturated carbocycles. The van der Waals surface area contributed by atoms with Gasteiger partial charge >= 0.3 is 5.97 Å². The molecular formula is C17H17N3O3. The molecule has 0 aliphatic carbocycles. The minimum absolute atomic E-state index is 0.0647. The van der Waals surface area contributed by atoms with Gasteiger partial charge in [-0.15, -0.1) is 0 Å². The minimum atomic E-state index is -1.01. The molecule has 0 unspecified atom stereocenters. The van der Waals surface area contributed by atoms with Crippen LogP contribution in [0.2, 0.25) is 0 Å². The fourth-order valence-electron chi connectivity index (χ4n) is 3.80. The smallest absolute Gasteiger partial charge is 0.354 e. The molecule has 1 saturated heterocycles. The lowest BCUT2D eigenvalue weighted by Gasteiger charge is -2.43. The van der Waals surface area contributed by atoms with E-state index in [0.29, 0.717) is 11.7 Å². The zero-order valence-electron chi connectivity index (χ0n) is 12.6. The summed E-state index contributed by atoms with van der Waals surface area (Å²) in [6.07, 6.45) is 1.07. The predicted molar refractivity (Wildman–Crippen MR) is 85.0 cm³/mol. The van der Waals surface area contributed by atoms with Gasteiger partial charge in [0.1, 0.15) is 5.82 Å². The number of carbonyl (C=O) groups is 1. The van der Waals surface area contributed by atoms with Gasteiger partial charge in [-0.3, -0.25) is 4.79 Å². The van der Waals surface area contributed by atoms with Crippen LogP contribution in [0.4, 0.5) is 5.82 Å². The molecule has 4 rings (SSSR count). The van der Waals surface area contributed by atoms with Crippen LogP contribution < -0.4 is 10.5 Å². The number of hydrogen-bond acceptors (Lipinski definition) is 4. The molecular weight excluding hydrogens is 294 g/mol. The number of nitrogens with zero attached hydrogens (tertiary/aromatic N) is 3. The summed E-state index contributed by atoms with van der Waals surface area (Å²) in [5.41, 5.74) is 1.21. The zero-order chi connectivity index (χ0) is 16.0. The van der Waals surface area contributed by atoms with Crippen LogP contribution in [-0.4, -0.2) is 33.7 Å². The Morgan fingerprint density at radius 1 is 1.13 bits per heavy atom. The molecule has 0 radical (unpaired) electrons. The molecule has 2 aromatic heterocycles. The molecule has 118 valence electrons. The Morgan fingerprint density at radius 2 is 1.96 bits per heavy atom. The number of anilines is 1. The predicted octanol–water partition coefficient (Wildman–Crippen LogP) is 1.57. The van der Waals surface area contributed by atoms with Crippen molar-refractivity contribution < 1.29 is 9.90 Å². The Hall–Kier alpha value is -2.63. The fourth-order valence-corrected chi connectivity index (χ4v) is 3.80. The highest BCUT2D eigenvalue weighted by atomic mass is 16.4. The van der Waals surface area contributed by atoms with E-state index in [1.807, 2.05) is 22.8 Å². The summed E-state index contributed by atoms with van der Waals surface area (Å²) < 4.78 is 1.89. The maximum absolute atomic E-state index is 12.0. The first kappa shape index (κ1) is 14.0. The van der Waals surface area contributed by atoms with Crippen molar-refractivity contribution in [3.05, 3.63) is 58.1 Å². The van der Waals surface area contributed by atoms with E-state index in [-0.39, 0.29) is 17.2 Å². The van der Waals surface area contributed by atoms with Gasteiger partial charge in [-0.25, -0.2) is 9.78 Å². The summed E-state index contributed by atoms with van der Waals surface area (Å²) in [4.78, 5) is 29.6. The van der Waals surface area contributed by atoms with Crippen LogP contribution in [0.5, 0.6) is 0 Å². The molecule has 1 N–H and O–H groups in total. The Balaban J connectivity index is 1.67. The van der Waals surface area contributed by atoms with Crippen LogP contribution >= 0.6 is 0 Å². The summed E-state index contributed by atoms with van der Waals surface area (Å²) >= 11 is 0. The molecule has 4 heterocycles. The fraction of sp³-hybridized carbons (Fsp3) is 0.353. The quantitative estimate of drug-likeness (QED) is 0.911. The molecule has 0 amide bonds. The molecule has 1 fully saturated rings. The molecule has 6 heteroatoms. The van der Waals surface area contributed by atoms with E-state index in [0.717, 1.165) is 31.7 Å². The van der Waals surface area contributed by atoms with Gasteiger partial charge in [0.15, 0.2) is 5.69 Å². The molecule has 0 spiro atoms. The number of aromatic carboxylic acids is 1. The third-order valence-corrected chi connectivity index (χ3v) is 4.76. The van der Waals surface area contributed by atoms with Crippen molar-refractivity contribution in [3.63, 3.8) is 0 Å².